The minimum Gasteiger partial charge on any atom is -0.494 e. The molecule has 28 heavy (non-hydrogen) atoms. The summed E-state index contributed by atoms with van der Waals surface area (Å²) >= 11 is 0. The molecule has 146 valence electrons. The van der Waals surface area contributed by atoms with Gasteiger partial charge in [-0.3, -0.25) is 0 Å². The van der Waals surface area contributed by atoms with Crippen molar-refractivity contribution in [2.45, 2.75) is 25.0 Å². The topological polar surface area (TPSA) is 64.6 Å². The molecule has 3 aromatic carbocycles. The first kappa shape index (κ1) is 19.9. The lowest BCUT2D eigenvalue weighted by Gasteiger charge is -2.12. The number of benzene rings is 3. The Labute approximate surface area is 166 Å². The maximum absolute atomic E-state index is 12.6. The molecule has 0 amide bonds. The molecule has 5 nitrogen and oxygen atoms in total. The first-order chi connectivity index (χ1) is 13.6. The van der Waals surface area contributed by atoms with Crippen LogP contribution >= 0.6 is 0 Å². The van der Waals surface area contributed by atoms with E-state index in [0.29, 0.717) is 19.0 Å². The van der Waals surface area contributed by atoms with Crippen molar-refractivity contribution in [1.29, 1.82) is 0 Å². The summed E-state index contributed by atoms with van der Waals surface area (Å²) in [6.45, 7) is 2.96. The highest BCUT2D eigenvalue weighted by atomic mass is 32.2. The highest BCUT2D eigenvalue weighted by Gasteiger charge is 2.15. The molecule has 0 aliphatic carbocycles. The average molecular weight is 397 g/mol. The molecule has 0 saturated carbocycles. The summed E-state index contributed by atoms with van der Waals surface area (Å²) in [5.41, 5.74) is 1.80. The van der Waals surface area contributed by atoms with E-state index in [-0.39, 0.29) is 11.4 Å². The first-order valence-corrected chi connectivity index (χ1v) is 10.5. The molecule has 0 radical (unpaired) electrons. The fraction of sp³-hybridized carbons (Fsp3) is 0.182. The SMILES string of the molecule is CCOc1ccc(S(=O)(=O)NCc2ccccc2COc2ccccc2)cc1. The van der Waals surface area contributed by atoms with Crippen LogP contribution < -0.4 is 14.2 Å². The molecular weight excluding hydrogens is 374 g/mol. The lowest BCUT2D eigenvalue weighted by Crippen LogP contribution is -2.24. The Morgan fingerprint density at radius 1 is 0.750 bits per heavy atom. The molecule has 1 N–H and O–H groups in total. The molecule has 0 aliphatic heterocycles. The molecule has 3 rings (SSSR count). The van der Waals surface area contributed by atoms with Crippen LogP contribution in [0.2, 0.25) is 0 Å². The Bertz CT molecular complexity index is 987. The zero-order valence-electron chi connectivity index (χ0n) is 15.7. The van der Waals surface area contributed by atoms with Crippen LogP contribution in [-0.2, 0) is 23.2 Å². The van der Waals surface area contributed by atoms with Crippen LogP contribution in [0.15, 0.2) is 83.8 Å². The van der Waals surface area contributed by atoms with Crippen molar-refractivity contribution in [1.82, 2.24) is 4.72 Å². The quantitative estimate of drug-likeness (QED) is 0.589. The zero-order chi connectivity index (χ0) is 19.8. The molecule has 0 saturated heterocycles. The van der Waals surface area contributed by atoms with E-state index in [9.17, 15) is 8.42 Å². The maximum Gasteiger partial charge on any atom is 0.240 e. The highest BCUT2D eigenvalue weighted by Crippen LogP contribution is 2.18. The molecule has 0 fully saturated rings. The van der Waals surface area contributed by atoms with E-state index >= 15 is 0 Å². The van der Waals surface area contributed by atoms with Crippen LogP contribution in [0.25, 0.3) is 0 Å². The zero-order valence-corrected chi connectivity index (χ0v) is 16.5. The number of ether oxygens (including phenoxy) is 2. The van der Waals surface area contributed by atoms with Gasteiger partial charge in [0, 0.05) is 6.54 Å². The Balaban J connectivity index is 1.66. The lowest BCUT2D eigenvalue weighted by atomic mass is 10.1. The Morgan fingerprint density at radius 3 is 2.04 bits per heavy atom. The van der Waals surface area contributed by atoms with Gasteiger partial charge in [0.1, 0.15) is 18.1 Å². The summed E-state index contributed by atoms with van der Waals surface area (Å²) in [6.07, 6.45) is 0. The van der Waals surface area contributed by atoms with E-state index < -0.39 is 10.0 Å². The maximum atomic E-state index is 12.6. The molecule has 0 heterocycles. The van der Waals surface area contributed by atoms with E-state index in [1.165, 1.54) is 12.1 Å². The predicted molar refractivity (Wildman–Crippen MR) is 109 cm³/mol. The van der Waals surface area contributed by atoms with Crippen molar-refractivity contribution in [3.63, 3.8) is 0 Å². The van der Waals surface area contributed by atoms with Crippen LogP contribution in [0.3, 0.4) is 0 Å². The van der Waals surface area contributed by atoms with Gasteiger partial charge in [0.15, 0.2) is 0 Å². The molecular formula is C22H23NO4S. The normalized spacial score (nSPS) is 11.2. The molecule has 0 aliphatic rings. The average Bonchev–Trinajstić information content (AvgIpc) is 2.73. The van der Waals surface area contributed by atoms with Gasteiger partial charge in [0.2, 0.25) is 10.0 Å². The van der Waals surface area contributed by atoms with Crippen molar-refractivity contribution >= 4 is 10.0 Å². The van der Waals surface area contributed by atoms with Gasteiger partial charge < -0.3 is 9.47 Å². The Morgan fingerprint density at radius 2 is 1.36 bits per heavy atom. The predicted octanol–water partition coefficient (Wildman–Crippen LogP) is 4.14. The molecule has 0 aromatic heterocycles. The molecule has 3 aromatic rings. The minimum absolute atomic E-state index is 0.184. The van der Waals surface area contributed by atoms with E-state index in [2.05, 4.69) is 4.72 Å². The highest BCUT2D eigenvalue weighted by molar-refractivity contribution is 7.89. The summed E-state index contributed by atoms with van der Waals surface area (Å²) in [4.78, 5) is 0.203. The van der Waals surface area contributed by atoms with Gasteiger partial charge in [-0.25, -0.2) is 13.1 Å². The summed E-state index contributed by atoms with van der Waals surface area (Å²) in [7, 11) is -3.62. The Hall–Kier alpha value is -2.83. The number of rotatable bonds is 9. The van der Waals surface area contributed by atoms with Crippen molar-refractivity contribution < 1.29 is 17.9 Å². The first-order valence-electron chi connectivity index (χ1n) is 9.05. The van der Waals surface area contributed by atoms with Gasteiger partial charge >= 0.3 is 0 Å². The van der Waals surface area contributed by atoms with Gasteiger partial charge in [-0.1, -0.05) is 42.5 Å². The monoisotopic (exact) mass is 397 g/mol. The molecule has 0 bridgehead atoms. The second-order valence-corrected chi connectivity index (χ2v) is 7.87. The van der Waals surface area contributed by atoms with Gasteiger partial charge in [0.25, 0.3) is 0 Å². The van der Waals surface area contributed by atoms with Crippen LogP contribution in [0.4, 0.5) is 0 Å². The summed E-state index contributed by atoms with van der Waals surface area (Å²) in [5, 5.41) is 0. The second-order valence-electron chi connectivity index (χ2n) is 6.10. The third-order valence-corrected chi connectivity index (χ3v) is 5.57. The Kier molecular flexibility index (Phi) is 6.68. The molecule has 6 heteroatoms. The van der Waals surface area contributed by atoms with E-state index in [4.69, 9.17) is 9.47 Å². The largest absolute Gasteiger partial charge is 0.494 e. The summed E-state index contributed by atoms with van der Waals surface area (Å²) in [6, 6.07) is 23.5. The van der Waals surface area contributed by atoms with Crippen molar-refractivity contribution in [2.24, 2.45) is 0 Å². The summed E-state index contributed by atoms with van der Waals surface area (Å²) < 4.78 is 39.0. The van der Waals surface area contributed by atoms with Crippen molar-refractivity contribution in [3.05, 3.63) is 90.0 Å². The third kappa shape index (κ3) is 5.34. The molecule has 0 unspecified atom stereocenters. The minimum atomic E-state index is -3.62. The number of hydrogen-bond donors (Lipinski definition) is 1. The molecule has 0 spiro atoms. The molecule has 0 atom stereocenters. The fourth-order valence-electron chi connectivity index (χ4n) is 2.69. The number of sulfonamides is 1. The number of para-hydroxylation sites is 1. The van der Waals surface area contributed by atoms with Gasteiger partial charge in [-0.05, 0) is 54.4 Å². The fourth-order valence-corrected chi connectivity index (χ4v) is 3.69. The smallest absolute Gasteiger partial charge is 0.240 e. The van der Waals surface area contributed by atoms with Crippen LogP contribution in [-0.4, -0.2) is 15.0 Å². The summed E-state index contributed by atoms with van der Waals surface area (Å²) in [5.74, 6) is 1.41. The van der Waals surface area contributed by atoms with E-state index in [1.807, 2.05) is 61.5 Å². The second kappa shape index (κ2) is 9.39. The lowest BCUT2D eigenvalue weighted by molar-refractivity contribution is 0.305. The van der Waals surface area contributed by atoms with E-state index in [1.54, 1.807) is 12.1 Å². The van der Waals surface area contributed by atoms with Gasteiger partial charge in [0.05, 0.1) is 11.5 Å². The standard InChI is InChI=1S/C22H23NO4S/c1-2-26-21-12-14-22(15-13-21)28(24,25)23-16-18-8-6-7-9-19(18)17-27-20-10-4-3-5-11-20/h3-15,23H,2,16-17H2,1H3. The van der Waals surface area contributed by atoms with Crippen LogP contribution in [0.1, 0.15) is 18.1 Å². The van der Waals surface area contributed by atoms with Crippen LogP contribution in [0, 0.1) is 0 Å². The van der Waals surface area contributed by atoms with Crippen molar-refractivity contribution in [3.8, 4) is 11.5 Å². The third-order valence-electron chi connectivity index (χ3n) is 4.15. The van der Waals surface area contributed by atoms with Gasteiger partial charge in [-0.2, -0.15) is 0 Å². The number of hydrogen-bond acceptors (Lipinski definition) is 4. The van der Waals surface area contributed by atoms with Gasteiger partial charge in [-0.15, -0.1) is 0 Å². The van der Waals surface area contributed by atoms with Crippen molar-refractivity contribution in [2.75, 3.05) is 6.61 Å². The van der Waals surface area contributed by atoms with E-state index in [0.717, 1.165) is 16.9 Å². The van der Waals surface area contributed by atoms with Crippen LogP contribution in [0.5, 0.6) is 11.5 Å². The number of nitrogens with one attached hydrogen (secondary N) is 1.